The second-order valence-corrected chi connectivity index (χ2v) is 9.30. The highest BCUT2D eigenvalue weighted by molar-refractivity contribution is 6.04. The molecule has 0 spiro atoms. The van der Waals surface area contributed by atoms with Gasteiger partial charge in [0.15, 0.2) is 11.9 Å². The lowest BCUT2D eigenvalue weighted by molar-refractivity contribution is -0.123. The molecule has 0 N–H and O–H groups in total. The lowest BCUT2D eigenvalue weighted by Crippen LogP contribution is -2.32. The lowest BCUT2D eigenvalue weighted by Gasteiger charge is -2.18. The number of halogens is 1. The molecule has 0 bridgehead atoms. The van der Waals surface area contributed by atoms with Gasteiger partial charge in [-0.15, -0.1) is 0 Å². The molecule has 9 heteroatoms. The van der Waals surface area contributed by atoms with Crippen molar-refractivity contribution in [1.82, 2.24) is 9.88 Å². The van der Waals surface area contributed by atoms with Gasteiger partial charge in [-0.3, -0.25) is 14.4 Å². The summed E-state index contributed by atoms with van der Waals surface area (Å²) in [7, 11) is 0. The standard InChI is InChI=1S/C26H28FN3O5/c1-2-18(31)14-29-15-21-20(25(29)32)11-17(12-22(21)27)30-9-7-23(26(30)33)35-19-5-6-24(28-13-19)34-10-8-16-3-4-16/h5-6,11-13,16,23H,2-4,7-10,14-15H2,1H3/t23-/m1/s1. The fraction of sp³-hybridized carbons (Fsp3) is 0.462. The Morgan fingerprint density at radius 1 is 1.20 bits per heavy atom. The monoisotopic (exact) mass is 481 g/mol. The minimum absolute atomic E-state index is 0.0459. The first kappa shape index (κ1) is 23.3. The van der Waals surface area contributed by atoms with Crippen LogP contribution in [0.3, 0.4) is 0 Å². The second-order valence-electron chi connectivity index (χ2n) is 9.30. The first-order valence-corrected chi connectivity index (χ1v) is 12.1. The Labute approximate surface area is 203 Å². The van der Waals surface area contributed by atoms with E-state index in [4.69, 9.17) is 9.47 Å². The molecule has 8 nitrogen and oxygen atoms in total. The maximum atomic E-state index is 14.9. The van der Waals surface area contributed by atoms with Gasteiger partial charge in [-0.1, -0.05) is 19.8 Å². The fourth-order valence-electron chi connectivity index (χ4n) is 4.46. The Hall–Kier alpha value is -3.49. The predicted molar refractivity (Wildman–Crippen MR) is 125 cm³/mol. The van der Waals surface area contributed by atoms with Gasteiger partial charge in [0.05, 0.1) is 25.9 Å². The number of Topliss-reactive ketones (excluding diaryl/α,β-unsaturated/α-hetero) is 1. The van der Waals surface area contributed by atoms with Crippen molar-refractivity contribution in [2.24, 2.45) is 5.92 Å². The van der Waals surface area contributed by atoms with Crippen molar-refractivity contribution in [3.8, 4) is 11.6 Å². The SMILES string of the molecule is CCC(=O)CN1Cc2c(F)cc(N3CC[C@@H](Oc4ccc(OCCC5CC5)nc4)C3=O)cc2C1=O. The summed E-state index contributed by atoms with van der Waals surface area (Å²) in [5.74, 6) is 0.405. The Morgan fingerprint density at radius 3 is 2.74 bits per heavy atom. The summed E-state index contributed by atoms with van der Waals surface area (Å²) in [5.41, 5.74) is 0.766. The molecular weight excluding hydrogens is 453 g/mol. The topological polar surface area (TPSA) is 89.0 Å². The maximum absolute atomic E-state index is 14.9. The van der Waals surface area contributed by atoms with Crippen molar-refractivity contribution in [2.75, 3.05) is 24.6 Å². The molecule has 5 rings (SSSR count). The zero-order valence-corrected chi connectivity index (χ0v) is 19.7. The number of anilines is 1. The molecule has 1 saturated heterocycles. The zero-order chi connectivity index (χ0) is 24.5. The van der Waals surface area contributed by atoms with E-state index in [1.807, 2.05) is 0 Å². The minimum Gasteiger partial charge on any atom is -0.479 e. The number of hydrogen-bond donors (Lipinski definition) is 0. The van der Waals surface area contributed by atoms with Gasteiger partial charge in [0.25, 0.3) is 11.8 Å². The first-order valence-electron chi connectivity index (χ1n) is 12.1. The molecule has 0 unspecified atom stereocenters. The number of carbonyl (C=O) groups is 3. The molecule has 3 heterocycles. The Balaban J connectivity index is 1.22. The molecule has 1 aromatic heterocycles. The highest BCUT2D eigenvalue weighted by Gasteiger charge is 2.37. The van der Waals surface area contributed by atoms with Gasteiger partial charge in [0.1, 0.15) is 11.6 Å². The van der Waals surface area contributed by atoms with E-state index in [0.29, 0.717) is 43.3 Å². The van der Waals surface area contributed by atoms with Crippen molar-refractivity contribution < 1.29 is 28.2 Å². The second kappa shape index (κ2) is 9.64. The molecule has 3 aliphatic rings. The van der Waals surface area contributed by atoms with E-state index < -0.39 is 17.8 Å². The third-order valence-electron chi connectivity index (χ3n) is 6.74. The van der Waals surface area contributed by atoms with Crippen LogP contribution in [0, 0.1) is 11.7 Å². The Bertz CT molecular complexity index is 1150. The highest BCUT2D eigenvalue weighted by atomic mass is 19.1. The molecule has 1 aliphatic carbocycles. The van der Waals surface area contributed by atoms with E-state index in [-0.39, 0.29) is 35.9 Å². The number of aromatic nitrogens is 1. The van der Waals surface area contributed by atoms with Gasteiger partial charge in [-0.05, 0) is 30.5 Å². The number of ether oxygens (including phenoxy) is 2. The number of nitrogens with zero attached hydrogens (tertiary/aromatic N) is 3. The number of ketones is 1. The van der Waals surface area contributed by atoms with Crippen molar-refractivity contribution in [1.29, 1.82) is 0 Å². The summed E-state index contributed by atoms with van der Waals surface area (Å²) >= 11 is 0. The van der Waals surface area contributed by atoms with Gasteiger partial charge >= 0.3 is 0 Å². The average molecular weight is 482 g/mol. The van der Waals surface area contributed by atoms with Crippen molar-refractivity contribution >= 4 is 23.3 Å². The fourth-order valence-corrected chi connectivity index (χ4v) is 4.46. The van der Waals surface area contributed by atoms with Crippen LogP contribution in [0.4, 0.5) is 10.1 Å². The molecular formula is C26H28FN3O5. The van der Waals surface area contributed by atoms with E-state index in [2.05, 4.69) is 4.98 Å². The molecule has 1 saturated carbocycles. The Morgan fingerprint density at radius 2 is 2.03 bits per heavy atom. The van der Waals surface area contributed by atoms with Crippen LogP contribution in [0.5, 0.6) is 11.6 Å². The number of carbonyl (C=O) groups excluding carboxylic acids is 3. The summed E-state index contributed by atoms with van der Waals surface area (Å²) < 4.78 is 26.4. The van der Waals surface area contributed by atoms with Gasteiger partial charge in [-0.25, -0.2) is 9.37 Å². The Kier molecular flexibility index (Phi) is 6.40. The molecule has 1 atom stereocenters. The smallest absolute Gasteiger partial charge is 0.268 e. The summed E-state index contributed by atoms with van der Waals surface area (Å²) in [5, 5.41) is 0. The van der Waals surface area contributed by atoms with Crippen LogP contribution in [0.25, 0.3) is 0 Å². The normalized spacial score (nSPS) is 19.3. The number of fused-ring (bicyclic) bond motifs is 1. The average Bonchev–Trinajstić information content (AvgIpc) is 3.54. The minimum atomic E-state index is -0.732. The van der Waals surface area contributed by atoms with Crippen LogP contribution < -0.4 is 14.4 Å². The number of amides is 2. The number of rotatable bonds is 10. The summed E-state index contributed by atoms with van der Waals surface area (Å²) in [6, 6.07) is 6.24. The van der Waals surface area contributed by atoms with Crippen LogP contribution in [0.2, 0.25) is 0 Å². The molecule has 0 radical (unpaired) electrons. The van der Waals surface area contributed by atoms with Crippen LogP contribution in [0.15, 0.2) is 30.5 Å². The van der Waals surface area contributed by atoms with E-state index in [1.54, 1.807) is 19.1 Å². The summed E-state index contributed by atoms with van der Waals surface area (Å²) in [4.78, 5) is 44.6. The van der Waals surface area contributed by atoms with E-state index in [9.17, 15) is 18.8 Å². The van der Waals surface area contributed by atoms with Crippen LogP contribution in [-0.2, 0) is 16.1 Å². The van der Waals surface area contributed by atoms with Crippen LogP contribution >= 0.6 is 0 Å². The maximum Gasteiger partial charge on any atom is 0.268 e. The van der Waals surface area contributed by atoms with Crippen LogP contribution in [0.1, 0.15) is 54.9 Å². The van der Waals surface area contributed by atoms with Gasteiger partial charge < -0.3 is 19.3 Å². The van der Waals surface area contributed by atoms with Gasteiger partial charge in [0, 0.05) is 42.3 Å². The molecule has 2 aliphatic heterocycles. The van der Waals surface area contributed by atoms with E-state index >= 15 is 0 Å². The predicted octanol–water partition coefficient (Wildman–Crippen LogP) is 3.52. The van der Waals surface area contributed by atoms with E-state index in [0.717, 1.165) is 12.3 Å². The third-order valence-corrected chi connectivity index (χ3v) is 6.74. The summed E-state index contributed by atoms with van der Waals surface area (Å²) in [6.45, 7) is 2.71. The third kappa shape index (κ3) is 4.99. The molecule has 2 aromatic rings. The zero-order valence-electron chi connectivity index (χ0n) is 19.7. The van der Waals surface area contributed by atoms with Gasteiger partial charge in [0.2, 0.25) is 5.88 Å². The molecule has 2 fully saturated rings. The molecule has 35 heavy (non-hydrogen) atoms. The van der Waals surface area contributed by atoms with Crippen molar-refractivity contribution in [2.45, 2.75) is 51.7 Å². The van der Waals surface area contributed by atoms with Crippen LogP contribution in [-0.4, -0.2) is 53.3 Å². The quantitative estimate of drug-likeness (QED) is 0.516. The van der Waals surface area contributed by atoms with Gasteiger partial charge in [-0.2, -0.15) is 0 Å². The van der Waals surface area contributed by atoms with E-state index in [1.165, 1.54) is 41.0 Å². The number of hydrogen-bond acceptors (Lipinski definition) is 6. The highest BCUT2D eigenvalue weighted by Crippen LogP contribution is 2.33. The first-order chi connectivity index (χ1) is 16.9. The summed E-state index contributed by atoms with van der Waals surface area (Å²) in [6.07, 6.45) is 5.12. The molecule has 184 valence electrons. The van der Waals surface area contributed by atoms with Crippen molar-refractivity contribution in [3.05, 3.63) is 47.4 Å². The lowest BCUT2D eigenvalue weighted by atomic mass is 10.1. The largest absolute Gasteiger partial charge is 0.479 e. The number of pyridine rings is 1. The molecule has 2 amide bonds. The number of benzene rings is 1. The van der Waals surface area contributed by atoms with Crippen molar-refractivity contribution in [3.63, 3.8) is 0 Å². The molecule has 1 aromatic carbocycles.